The van der Waals surface area contributed by atoms with Gasteiger partial charge in [0.2, 0.25) is 0 Å². The second-order valence-corrected chi connectivity index (χ2v) is 5.77. The maximum Gasteiger partial charge on any atom is 0.274 e. The molecule has 0 unspecified atom stereocenters. The van der Waals surface area contributed by atoms with Gasteiger partial charge in [-0.1, -0.05) is 5.16 Å². The molecule has 0 spiro atoms. The summed E-state index contributed by atoms with van der Waals surface area (Å²) in [4.78, 5) is 18.5. The molecular weight excluding hydrogens is 318 g/mol. The van der Waals surface area contributed by atoms with Crippen molar-refractivity contribution in [3.8, 4) is 0 Å². The Morgan fingerprint density at radius 1 is 1.08 bits per heavy atom. The van der Waals surface area contributed by atoms with Crippen LogP contribution in [-0.4, -0.2) is 30.1 Å². The standard InChI is InChI=1S/C18H19N5O2/c1-12-10-17(22-25-12)20-14-8-9-19-16(11-14)18(24)21-13-4-6-15(7-5-13)23(2)3/h4-11H,1-3H3,(H,21,24)(H,19,20,22). The minimum Gasteiger partial charge on any atom is -0.378 e. The first-order valence-corrected chi connectivity index (χ1v) is 7.76. The Balaban J connectivity index is 1.70. The summed E-state index contributed by atoms with van der Waals surface area (Å²) in [6.07, 6.45) is 1.57. The van der Waals surface area contributed by atoms with E-state index in [-0.39, 0.29) is 5.91 Å². The Hall–Kier alpha value is -3.35. The number of rotatable bonds is 5. The van der Waals surface area contributed by atoms with E-state index in [4.69, 9.17) is 4.52 Å². The molecule has 1 aromatic carbocycles. The third-order valence-corrected chi connectivity index (χ3v) is 3.53. The van der Waals surface area contributed by atoms with Crippen LogP contribution >= 0.6 is 0 Å². The zero-order valence-electron chi connectivity index (χ0n) is 14.3. The first kappa shape index (κ1) is 16.5. The van der Waals surface area contributed by atoms with E-state index in [1.807, 2.05) is 50.2 Å². The van der Waals surface area contributed by atoms with Crippen LogP contribution in [0.5, 0.6) is 0 Å². The van der Waals surface area contributed by atoms with Gasteiger partial charge in [-0.15, -0.1) is 0 Å². The molecule has 7 nitrogen and oxygen atoms in total. The number of benzene rings is 1. The van der Waals surface area contributed by atoms with Gasteiger partial charge in [0.05, 0.1) is 0 Å². The zero-order valence-corrected chi connectivity index (χ0v) is 14.3. The van der Waals surface area contributed by atoms with Gasteiger partial charge in [0.1, 0.15) is 11.5 Å². The quantitative estimate of drug-likeness (QED) is 0.742. The maximum atomic E-state index is 12.4. The van der Waals surface area contributed by atoms with Crippen LogP contribution in [0.4, 0.5) is 22.9 Å². The number of carbonyl (C=O) groups is 1. The lowest BCUT2D eigenvalue weighted by atomic mass is 10.2. The molecule has 1 amide bonds. The minimum absolute atomic E-state index is 0.280. The molecular formula is C18H19N5O2. The summed E-state index contributed by atoms with van der Waals surface area (Å²) >= 11 is 0. The molecule has 0 fully saturated rings. The Kier molecular flexibility index (Phi) is 4.65. The van der Waals surface area contributed by atoms with Crippen LogP contribution in [0.1, 0.15) is 16.2 Å². The van der Waals surface area contributed by atoms with Gasteiger partial charge in [0.25, 0.3) is 5.91 Å². The van der Waals surface area contributed by atoms with Crippen molar-refractivity contribution < 1.29 is 9.32 Å². The molecule has 25 heavy (non-hydrogen) atoms. The molecule has 0 atom stereocenters. The van der Waals surface area contributed by atoms with Gasteiger partial charge in [0.15, 0.2) is 5.82 Å². The molecule has 0 aliphatic rings. The molecule has 0 saturated heterocycles. The van der Waals surface area contributed by atoms with Gasteiger partial charge < -0.3 is 20.1 Å². The number of nitrogens with one attached hydrogen (secondary N) is 2. The highest BCUT2D eigenvalue weighted by Crippen LogP contribution is 2.18. The van der Waals surface area contributed by atoms with E-state index < -0.39 is 0 Å². The molecule has 2 N–H and O–H groups in total. The summed E-state index contributed by atoms with van der Waals surface area (Å²) in [5.41, 5.74) is 2.78. The number of aryl methyl sites for hydroxylation is 1. The highest BCUT2D eigenvalue weighted by molar-refractivity contribution is 6.03. The summed E-state index contributed by atoms with van der Waals surface area (Å²) in [5, 5.41) is 9.78. The largest absolute Gasteiger partial charge is 0.378 e. The zero-order chi connectivity index (χ0) is 17.8. The SMILES string of the molecule is Cc1cc(Nc2ccnc(C(=O)Nc3ccc(N(C)C)cc3)c2)no1. The van der Waals surface area contributed by atoms with Gasteiger partial charge in [-0.3, -0.25) is 9.78 Å². The number of anilines is 4. The monoisotopic (exact) mass is 337 g/mol. The molecule has 2 heterocycles. The van der Waals surface area contributed by atoms with Crippen LogP contribution in [-0.2, 0) is 0 Å². The Labute approximate surface area is 145 Å². The van der Waals surface area contributed by atoms with Crippen molar-refractivity contribution in [3.05, 3.63) is 60.1 Å². The fraction of sp³-hybridized carbons (Fsp3) is 0.167. The Morgan fingerprint density at radius 3 is 2.48 bits per heavy atom. The van der Waals surface area contributed by atoms with Crippen molar-refractivity contribution in [2.75, 3.05) is 29.6 Å². The smallest absolute Gasteiger partial charge is 0.274 e. The molecule has 3 aromatic rings. The number of nitrogens with zero attached hydrogens (tertiary/aromatic N) is 3. The van der Waals surface area contributed by atoms with Crippen molar-refractivity contribution >= 4 is 28.8 Å². The van der Waals surface area contributed by atoms with Crippen molar-refractivity contribution in [2.24, 2.45) is 0 Å². The number of aromatic nitrogens is 2. The Morgan fingerprint density at radius 2 is 1.84 bits per heavy atom. The fourth-order valence-electron chi connectivity index (χ4n) is 2.24. The summed E-state index contributed by atoms with van der Waals surface area (Å²) in [6, 6.07) is 12.8. The van der Waals surface area contributed by atoms with E-state index in [1.54, 1.807) is 24.4 Å². The molecule has 128 valence electrons. The van der Waals surface area contributed by atoms with Crippen LogP contribution < -0.4 is 15.5 Å². The third kappa shape index (κ3) is 4.14. The molecule has 2 aromatic heterocycles. The van der Waals surface area contributed by atoms with Gasteiger partial charge in [0, 0.05) is 43.4 Å². The first-order chi connectivity index (χ1) is 12.0. The highest BCUT2D eigenvalue weighted by atomic mass is 16.5. The maximum absolute atomic E-state index is 12.4. The lowest BCUT2D eigenvalue weighted by Crippen LogP contribution is -2.14. The molecule has 0 aliphatic heterocycles. The van der Waals surface area contributed by atoms with Crippen molar-refractivity contribution in [3.63, 3.8) is 0 Å². The van der Waals surface area contributed by atoms with Gasteiger partial charge in [-0.25, -0.2) is 0 Å². The minimum atomic E-state index is -0.280. The molecule has 7 heteroatoms. The van der Waals surface area contributed by atoms with E-state index in [9.17, 15) is 4.79 Å². The lowest BCUT2D eigenvalue weighted by molar-refractivity contribution is 0.102. The summed E-state index contributed by atoms with van der Waals surface area (Å²) in [5.74, 6) is 1.00. The summed E-state index contributed by atoms with van der Waals surface area (Å²) in [7, 11) is 3.93. The van der Waals surface area contributed by atoms with Crippen LogP contribution in [0.25, 0.3) is 0 Å². The Bertz CT molecular complexity index is 871. The predicted octanol–water partition coefficient (Wildman–Crippen LogP) is 3.44. The van der Waals surface area contributed by atoms with Gasteiger partial charge in [-0.05, 0) is 43.3 Å². The van der Waals surface area contributed by atoms with Crippen molar-refractivity contribution in [2.45, 2.75) is 6.92 Å². The lowest BCUT2D eigenvalue weighted by Gasteiger charge is -2.13. The number of carbonyl (C=O) groups excluding carboxylic acids is 1. The molecule has 0 bridgehead atoms. The van der Waals surface area contributed by atoms with E-state index in [1.165, 1.54) is 0 Å². The number of hydrogen-bond donors (Lipinski definition) is 2. The van der Waals surface area contributed by atoms with Crippen LogP contribution in [0, 0.1) is 6.92 Å². The van der Waals surface area contributed by atoms with E-state index in [0.717, 1.165) is 5.69 Å². The van der Waals surface area contributed by atoms with E-state index in [0.29, 0.717) is 28.6 Å². The first-order valence-electron chi connectivity index (χ1n) is 7.76. The summed E-state index contributed by atoms with van der Waals surface area (Å²) < 4.78 is 5.01. The molecule has 3 rings (SSSR count). The molecule has 0 radical (unpaired) electrons. The highest BCUT2D eigenvalue weighted by Gasteiger charge is 2.10. The van der Waals surface area contributed by atoms with E-state index in [2.05, 4.69) is 20.8 Å². The van der Waals surface area contributed by atoms with Crippen molar-refractivity contribution in [1.29, 1.82) is 0 Å². The van der Waals surface area contributed by atoms with Crippen molar-refractivity contribution in [1.82, 2.24) is 10.1 Å². The van der Waals surface area contributed by atoms with Gasteiger partial charge in [-0.2, -0.15) is 0 Å². The normalized spacial score (nSPS) is 10.4. The van der Waals surface area contributed by atoms with Gasteiger partial charge >= 0.3 is 0 Å². The number of pyridine rings is 1. The fourth-order valence-corrected chi connectivity index (χ4v) is 2.24. The van der Waals surface area contributed by atoms with Crippen LogP contribution in [0.3, 0.4) is 0 Å². The third-order valence-electron chi connectivity index (χ3n) is 3.53. The average molecular weight is 337 g/mol. The summed E-state index contributed by atoms with van der Waals surface area (Å²) in [6.45, 7) is 1.81. The molecule has 0 saturated carbocycles. The number of amides is 1. The van der Waals surface area contributed by atoms with Crippen LogP contribution in [0.2, 0.25) is 0 Å². The van der Waals surface area contributed by atoms with E-state index >= 15 is 0 Å². The average Bonchev–Trinajstić information content (AvgIpc) is 3.00. The predicted molar refractivity (Wildman–Crippen MR) is 97.5 cm³/mol. The second-order valence-electron chi connectivity index (χ2n) is 5.77. The number of hydrogen-bond acceptors (Lipinski definition) is 6. The second kappa shape index (κ2) is 7.04. The molecule has 0 aliphatic carbocycles. The topological polar surface area (TPSA) is 83.3 Å². The van der Waals surface area contributed by atoms with Crippen LogP contribution in [0.15, 0.2) is 53.2 Å².